The van der Waals surface area contributed by atoms with Crippen LogP contribution in [0.2, 0.25) is 0 Å². The first-order valence-corrected chi connectivity index (χ1v) is 12.0. The molecule has 0 bridgehead atoms. The molecule has 8 rings (SSSR count). The van der Waals surface area contributed by atoms with Gasteiger partial charge in [-0.3, -0.25) is 9.59 Å². The molecule has 5 nitrogen and oxygen atoms in total. The summed E-state index contributed by atoms with van der Waals surface area (Å²) in [5, 5.41) is 4.02. The van der Waals surface area contributed by atoms with E-state index in [0.717, 1.165) is 27.5 Å². The highest BCUT2D eigenvalue weighted by molar-refractivity contribution is 6.09. The van der Waals surface area contributed by atoms with Crippen molar-refractivity contribution >= 4 is 65.7 Å². The van der Waals surface area contributed by atoms with Gasteiger partial charge in [-0.2, -0.15) is 0 Å². The van der Waals surface area contributed by atoms with Crippen molar-refractivity contribution in [1.29, 1.82) is 0 Å². The van der Waals surface area contributed by atoms with Crippen molar-refractivity contribution < 1.29 is 8.83 Å². The molecule has 37 heavy (non-hydrogen) atoms. The Morgan fingerprint density at radius 2 is 0.919 bits per heavy atom. The summed E-state index contributed by atoms with van der Waals surface area (Å²) in [6.45, 7) is 0. The molecule has 0 aliphatic heterocycles. The van der Waals surface area contributed by atoms with Crippen molar-refractivity contribution in [2.75, 3.05) is 0 Å². The third-order valence-corrected chi connectivity index (χ3v) is 7.19. The van der Waals surface area contributed by atoms with Gasteiger partial charge < -0.3 is 13.4 Å². The summed E-state index contributed by atoms with van der Waals surface area (Å²) < 4.78 is 14.3. The van der Waals surface area contributed by atoms with Crippen molar-refractivity contribution in [3.8, 4) is 5.69 Å². The smallest absolute Gasteiger partial charge is 0.200 e. The molecule has 0 fully saturated rings. The Kier molecular flexibility index (Phi) is 3.90. The number of hydrogen-bond acceptors (Lipinski definition) is 4. The topological polar surface area (TPSA) is 65.3 Å². The molecule has 0 aliphatic rings. The molecule has 0 amide bonds. The predicted molar refractivity (Wildman–Crippen MR) is 148 cm³/mol. The summed E-state index contributed by atoms with van der Waals surface area (Å²) in [6.07, 6.45) is 0. The zero-order valence-corrected chi connectivity index (χ0v) is 19.4. The van der Waals surface area contributed by atoms with Crippen LogP contribution in [-0.2, 0) is 0 Å². The van der Waals surface area contributed by atoms with Crippen LogP contribution in [0.5, 0.6) is 0 Å². The summed E-state index contributed by atoms with van der Waals surface area (Å²) >= 11 is 0. The van der Waals surface area contributed by atoms with Gasteiger partial charge in [0.15, 0.2) is 0 Å². The molecule has 0 aliphatic carbocycles. The van der Waals surface area contributed by atoms with Crippen molar-refractivity contribution in [2.24, 2.45) is 0 Å². The minimum Gasteiger partial charge on any atom is -0.456 e. The minimum absolute atomic E-state index is 0.150. The highest BCUT2D eigenvalue weighted by Gasteiger charge is 2.16. The highest BCUT2D eigenvalue weighted by Crippen LogP contribution is 2.33. The van der Waals surface area contributed by atoms with E-state index >= 15 is 0 Å². The lowest BCUT2D eigenvalue weighted by Crippen LogP contribution is -2.06. The lowest BCUT2D eigenvalue weighted by atomic mass is 10.1. The highest BCUT2D eigenvalue weighted by atomic mass is 16.3. The molecule has 0 N–H and O–H groups in total. The first kappa shape index (κ1) is 20.1. The van der Waals surface area contributed by atoms with Crippen LogP contribution in [0, 0.1) is 0 Å². The fourth-order valence-electron chi connectivity index (χ4n) is 5.48. The molecule has 0 saturated heterocycles. The average molecular weight is 479 g/mol. The number of hydrogen-bond donors (Lipinski definition) is 0. The second kappa shape index (κ2) is 7.18. The summed E-state index contributed by atoms with van der Waals surface area (Å²) in [4.78, 5) is 26.8. The van der Waals surface area contributed by atoms with Crippen LogP contribution >= 0.6 is 0 Å². The van der Waals surface area contributed by atoms with E-state index in [-0.39, 0.29) is 10.9 Å². The molecule has 3 heterocycles. The zero-order valence-electron chi connectivity index (χ0n) is 19.4. The van der Waals surface area contributed by atoms with E-state index in [0.29, 0.717) is 43.9 Å². The Bertz CT molecular complexity index is 2300. The fraction of sp³-hybridized carbons (Fsp3) is 0. The Hall–Kier alpha value is -5.16. The first-order chi connectivity index (χ1) is 18.2. The van der Waals surface area contributed by atoms with E-state index in [1.54, 1.807) is 30.3 Å². The van der Waals surface area contributed by atoms with Gasteiger partial charge in [0.05, 0.1) is 32.6 Å². The molecule has 0 spiro atoms. The molecule has 0 unspecified atom stereocenters. The van der Waals surface area contributed by atoms with E-state index in [9.17, 15) is 9.59 Å². The van der Waals surface area contributed by atoms with Crippen LogP contribution in [-0.4, -0.2) is 4.57 Å². The monoisotopic (exact) mass is 479 g/mol. The number of benzene rings is 5. The largest absolute Gasteiger partial charge is 0.456 e. The van der Waals surface area contributed by atoms with Gasteiger partial charge in [-0.25, -0.2) is 0 Å². The molecule has 3 aromatic heterocycles. The van der Waals surface area contributed by atoms with E-state index in [2.05, 4.69) is 28.8 Å². The van der Waals surface area contributed by atoms with Crippen LogP contribution in [0.15, 0.2) is 122 Å². The summed E-state index contributed by atoms with van der Waals surface area (Å²) in [5.74, 6) is 0. The van der Waals surface area contributed by atoms with Crippen molar-refractivity contribution in [1.82, 2.24) is 4.57 Å². The van der Waals surface area contributed by atoms with Gasteiger partial charge in [0, 0.05) is 16.5 Å². The quantitative estimate of drug-likeness (QED) is 0.232. The molecule has 174 valence electrons. The standard InChI is InChI=1S/C32H17NO4/c34-31-21-9-3-6-12-27(21)36-29-17-24-30(16-23(29)31)37-28-14-13-18(15-22(28)32(24)35)33-25-10-4-1-7-19(25)20-8-2-5-11-26(20)33/h1-17H. The molecular weight excluding hydrogens is 462 g/mol. The van der Waals surface area contributed by atoms with Crippen molar-refractivity contribution in [2.45, 2.75) is 0 Å². The second-order valence-corrected chi connectivity index (χ2v) is 9.25. The SMILES string of the molecule is O=c1c2ccccc2oc2cc3c(=O)c4cc(-n5c6ccccc6c6ccccc65)ccc4oc3cc12. The molecule has 0 radical (unpaired) electrons. The maximum Gasteiger partial charge on any atom is 0.200 e. The third-order valence-electron chi connectivity index (χ3n) is 7.19. The normalized spacial score (nSPS) is 12.0. The van der Waals surface area contributed by atoms with Gasteiger partial charge in [0.25, 0.3) is 0 Å². The third kappa shape index (κ3) is 2.74. The van der Waals surface area contributed by atoms with Gasteiger partial charge >= 0.3 is 0 Å². The maximum atomic E-state index is 13.7. The molecule has 5 heteroatoms. The molecular formula is C32H17NO4. The summed E-state index contributed by atoms with van der Waals surface area (Å²) in [7, 11) is 0. The Morgan fingerprint density at radius 3 is 1.57 bits per heavy atom. The van der Waals surface area contributed by atoms with Gasteiger partial charge in [0.1, 0.15) is 22.3 Å². The van der Waals surface area contributed by atoms with Gasteiger partial charge in [0.2, 0.25) is 10.9 Å². The van der Waals surface area contributed by atoms with Gasteiger partial charge in [-0.05, 0) is 54.6 Å². The van der Waals surface area contributed by atoms with E-state index in [1.807, 2.05) is 48.5 Å². The van der Waals surface area contributed by atoms with E-state index < -0.39 is 0 Å². The number of fused-ring (bicyclic) bond motifs is 7. The number of rotatable bonds is 1. The van der Waals surface area contributed by atoms with Crippen LogP contribution in [0.25, 0.3) is 71.4 Å². The number of aromatic nitrogens is 1. The van der Waals surface area contributed by atoms with Crippen molar-refractivity contribution in [3.05, 3.63) is 124 Å². The average Bonchev–Trinajstić information content (AvgIpc) is 3.27. The van der Waals surface area contributed by atoms with Crippen LogP contribution in [0.1, 0.15) is 0 Å². The second-order valence-electron chi connectivity index (χ2n) is 9.25. The lowest BCUT2D eigenvalue weighted by molar-refractivity contribution is 0.652. The fourth-order valence-corrected chi connectivity index (χ4v) is 5.48. The molecule has 8 aromatic rings. The first-order valence-electron chi connectivity index (χ1n) is 12.0. The number of para-hydroxylation sites is 3. The van der Waals surface area contributed by atoms with E-state index in [1.165, 1.54) is 0 Å². The Morgan fingerprint density at radius 1 is 0.432 bits per heavy atom. The lowest BCUT2D eigenvalue weighted by Gasteiger charge is -2.10. The Balaban J connectivity index is 1.44. The van der Waals surface area contributed by atoms with Gasteiger partial charge in [-0.1, -0.05) is 48.5 Å². The van der Waals surface area contributed by atoms with Crippen LogP contribution in [0.4, 0.5) is 0 Å². The predicted octanol–water partition coefficient (Wildman–Crippen LogP) is 7.30. The van der Waals surface area contributed by atoms with Gasteiger partial charge in [-0.15, -0.1) is 0 Å². The van der Waals surface area contributed by atoms with Crippen molar-refractivity contribution in [3.63, 3.8) is 0 Å². The maximum absolute atomic E-state index is 13.7. The Labute approximate surface area is 208 Å². The summed E-state index contributed by atoms with van der Waals surface area (Å²) in [6, 6.07) is 32.5. The molecule has 5 aromatic carbocycles. The summed E-state index contributed by atoms with van der Waals surface area (Å²) in [5.41, 5.74) is 4.35. The number of nitrogens with zero attached hydrogens (tertiary/aromatic N) is 1. The minimum atomic E-state index is -0.170. The van der Waals surface area contributed by atoms with Crippen LogP contribution < -0.4 is 10.9 Å². The zero-order chi connectivity index (χ0) is 24.7. The van der Waals surface area contributed by atoms with Crippen LogP contribution in [0.3, 0.4) is 0 Å². The van der Waals surface area contributed by atoms with E-state index in [4.69, 9.17) is 8.83 Å². The molecule has 0 atom stereocenters. The molecule has 0 saturated carbocycles.